The molecular weight excluding hydrogens is 284 g/mol. The summed E-state index contributed by atoms with van der Waals surface area (Å²) in [4.78, 5) is 2.03. The van der Waals surface area contributed by atoms with E-state index in [4.69, 9.17) is 11.6 Å². The van der Waals surface area contributed by atoms with Crippen LogP contribution in [0.5, 0.6) is 0 Å². The van der Waals surface area contributed by atoms with Crippen molar-refractivity contribution >= 4 is 23.0 Å². The van der Waals surface area contributed by atoms with Crippen molar-refractivity contribution < 1.29 is 0 Å². The van der Waals surface area contributed by atoms with Crippen LogP contribution in [-0.4, -0.2) is 23.9 Å². The van der Waals surface area contributed by atoms with Crippen molar-refractivity contribution in [2.45, 2.75) is 26.3 Å². The van der Waals surface area contributed by atoms with Gasteiger partial charge in [-0.3, -0.25) is 4.68 Å². The van der Waals surface area contributed by atoms with E-state index in [0.29, 0.717) is 5.92 Å². The molecule has 1 N–H and O–H groups in total. The van der Waals surface area contributed by atoms with Gasteiger partial charge >= 0.3 is 0 Å². The zero-order valence-corrected chi connectivity index (χ0v) is 14.1. The topological polar surface area (TPSA) is 33.1 Å². The number of aryl methyl sites for hydroxylation is 1. The molecule has 0 radical (unpaired) electrons. The third-order valence-electron chi connectivity index (χ3n) is 3.39. The van der Waals surface area contributed by atoms with E-state index in [-0.39, 0.29) is 0 Å². The number of nitrogens with one attached hydrogen (secondary N) is 1. The quantitative estimate of drug-likeness (QED) is 0.910. The summed E-state index contributed by atoms with van der Waals surface area (Å²) in [7, 11) is 5.95. The van der Waals surface area contributed by atoms with Crippen LogP contribution in [0.4, 0.5) is 11.4 Å². The third kappa shape index (κ3) is 3.50. The molecule has 0 aliphatic heterocycles. The van der Waals surface area contributed by atoms with Gasteiger partial charge in [0.2, 0.25) is 0 Å². The molecule has 0 aliphatic carbocycles. The van der Waals surface area contributed by atoms with Crippen LogP contribution in [0.15, 0.2) is 24.4 Å². The Bertz CT molecular complexity index is 617. The fraction of sp³-hybridized carbons (Fsp3) is 0.438. The van der Waals surface area contributed by atoms with E-state index >= 15 is 0 Å². The van der Waals surface area contributed by atoms with Crippen molar-refractivity contribution in [3.05, 3.63) is 40.7 Å². The minimum atomic E-state index is 0.413. The number of aromatic nitrogens is 2. The van der Waals surface area contributed by atoms with E-state index in [0.717, 1.165) is 28.6 Å². The second-order valence-corrected chi connectivity index (χ2v) is 6.16. The molecule has 0 amide bonds. The van der Waals surface area contributed by atoms with Gasteiger partial charge in [-0.1, -0.05) is 31.5 Å². The number of nitrogens with zero attached hydrogens (tertiary/aromatic N) is 3. The molecule has 0 saturated carbocycles. The van der Waals surface area contributed by atoms with Gasteiger partial charge in [-0.25, -0.2) is 0 Å². The summed E-state index contributed by atoms with van der Waals surface area (Å²) in [5, 5.41) is 8.77. The van der Waals surface area contributed by atoms with Gasteiger partial charge in [-0.15, -0.1) is 0 Å². The molecule has 1 aromatic carbocycles. The molecule has 5 heteroatoms. The van der Waals surface area contributed by atoms with Crippen molar-refractivity contribution in [2.75, 3.05) is 24.3 Å². The fourth-order valence-corrected chi connectivity index (χ4v) is 2.82. The summed E-state index contributed by atoms with van der Waals surface area (Å²) in [6.45, 7) is 5.06. The summed E-state index contributed by atoms with van der Waals surface area (Å²) in [5.74, 6) is 0.413. The lowest BCUT2D eigenvalue weighted by atomic mass is 10.1. The summed E-state index contributed by atoms with van der Waals surface area (Å²) in [5.41, 5.74) is 4.40. The average molecular weight is 307 g/mol. The third-order valence-corrected chi connectivity index (χ3v) is 3.69. The lowest BCUT2D eigenvalue weighted by molar-refractivity contribution is 0.712. The molecule has 2 aromatic rings. The van der Waals surface area contributed by atoms with Crippen LogP contribution in [-0.2, 0) is 13.6 Å². The van der Waals surface area contributed by atoms with Crippen molar-refractivity contribution in [1.29, 1.82) is 0 Å². The Balaban J connectivity index is 2.23. The van der Waals surface area contributed by atoms with E-state index in [2.05, 4.69) is 30.5 Å². The molecule has 2 rings (SSSR count). The number of halogens is 1. The summed E-state index contributed by atoms with van der Waals surface area (Å²) in [6.07, 6.45) is 2.07. The molecule has 0 spiro atoms. The zero-order valence-electron chi connectivity index (χ0n) is 13.3. The number of para-hydroxylation sites is 1. The number of benzene rings is 1. The Morgan fingerprint density at radius 2 is 2.05 bits per heavy atom. The maximum Gasteiger partial charge on any atom is 0.0786 e. The van der Waals surface area contributed by atoms with Gasteiger partial charge in [0.1, 0.15) is 0 Å². The maximum atomic E-state index is 6.29. The smallest absolute Gasteiger partial charge is 0.0786 e. The SMILES string of the molecule is CC(C)c1nn(C)cc1CNc1cccc(Cl)c1N(C)C. The molecule has 0 atom stereocenters. The van der Waals surface area contributed by atoms with Gasteiger partial charge in [-0.05, 0) is 18.1 Å². The maximum absolute atomic E-state index is 6.29. The molecule has 0 aliphatic rings. The summed E-state index contributed by atoms with van der Waals surface area (Å²) in [6, 6.07) is 5.92. The van der Waals surface area contributed by atoms with E-state index in [1.54, 1.807) is 0 Å². The predicted octanol–water partition coefficient (Wildman–Crippen LogP) is 3.88. The van der Waals surface area contributed by atoms with Gasteiger partial charge in [0, 0.05) is 39.4 Å². The fourth-order valence-electron chi connectivity index (χ4n) is 2.48. The molecule has 0 saturated heterocycles. The van der Waals surface area contributed by atoms with E-state index in [1.807, 2.05) is 48.9 Å². The molecule has 0 unspecified atom stereocenters. The number of hydrogen-bond donors (Lipinski definition) is 1. The largest absolute Gasteiger partial charge is 0.379 e. The van der Waals surface area contributed by atoms with E-state index in [9.17, 15) is 0 Å². The second kappa shape index (κ2) is 6.39. The first-order valence-electron chi connectivity index (χ1n) is 7.12. The summed E-state index contributed by atoms with van der Waals surface area (Å²) >= 11 is 6.29. The first-order valence-corrected chi connectivity index (χ1v) is 7.50. The average Bonchev–Trinajstić information content (AvgIpc) is 2.77. The zero-order chi connectivity index (χ0) is 15.6. The van der Waals surface area contributed by atoms with Crippen molar-refractivity contribution in [3.63, 3.8) is 0 Å². The Morgan fingerprint density at radius 3 is 2.67 bits per heavy atom. The van der Waals surface area contributed by atoms with Crippen LogP contribution in [0.2, 0.25) is 5.02 Å². The molecule has 4 nitrogen and oxygen atoms in total. The first-order chi connectivity index (χ1) is 9.90. The molecule has 0 fully saturated rings. The predicted molar refractivity (Wildman–Crippen MR) is 90.4 cm³/mol. The Labute approximate surface area is 131 Å². The Hall–Kier alpha value is -1.68. The summed E-state index contributed by atoms with van der Waals surface area (Å²) < 4.78 is 1.87. The number of rotatable bonds is 5. The van der Waals surface area contributed by atoms with E-state index in [1.165, 1.54) is 5.56 Å². The highest BCUT2D eigenvalue weighted by molar-refractivity contribution is 6.34. The van der Waals surface area contributed by atoms with Crippen molar-refractivity contribution in [1.82, 2.24) is 9.78 Å². The van der Waals surface area contributed by atoms with Gasteiger partial charge < -0.3 is 10.2 Å². The Kier molecular flexibility index (Phi) is 4.78. The van der Waals surface area contributed by atoms with Gasteiger partial charge in [0.25, 0.3) is 0 Å². The van der Waals surface area contributed by atoms with Crippen LogP contribution >= 0.6 is 11.6 Å². The van der Waals surface area contributed by atoms with E-state index < -0.39 is 0 Å². The molecule has 0 bridgehead atoms. The van der Waals surface area contributed by atoms with Crippen LogP contribution in [0.3, 0.4) is 0 Å². The van der Waals surface area contributed by atoms with Crippen LogP contribution < -0.4 is 10.2 Å². The Morgan fingerprint density at radius 1 is 1.33 bits per heavy atom. The van der Waals surface area contributed by atoms with Gasteiger partial charge in [0.15, 0.2) is 0 Å². The highest BCUT2D eigenvalue weighted by Gasteiger charge is 2.13. The molecule has 1 heterocycles. The highest BCUT2D eigenvalue weighted by Crippen LogP contribution is 2.33. The van der Waals surface area contributed by atoms with Crippen molar-refractivity contribution in [3.8, 4) is 0 Å². The second-order valence-electron chi connectivity index (χ2n) is 5.75. The molecular formula is C16H23ClN4. The van der Waals surface area contributed by atoms with Crippen molar-refractivity contribution in [2.24, 2.45) is 7.05 Å². The molecule has 21 heavy (non-hydrogen) atoms. The van der Waals surface area contributed by atoms with Crippen LogP contribution in [0, 0.1) is 0 Å². The van der Waals surface area contributed by atoms with Crippen LogP contribution in [0.1, 0.15) is 31.0 Å². The minimum Gasteiger partial charge on any atom is -0.379 e. The van der Waals surface area contributed by atoms with Gasteiger partial charge in [0.05, 0.1) is 22.1 Å². The lowest BCUT2D eigenvalue weighted by Gasteiger charge is -2.20. The molecule has 1 aromatic heterocycles. The molecule has 114 valence electrons. The monoisotopic (exact) mass is 306 g/mol. The first kappa shape index (κ1) is 15.7. The normalized spacial score (nSPS) is 11.0. The number of hydrogen-bond acceptors (Lipinski definition) is 3. The minimum absolute atomic E-state index is 0.413. The highest BCUT2D eigenvalue weighted by atomic mass is 35.5. The standard InChI is InChI=1S/C16H23ClN4/c1-11(2)15-12(10-21(5)19-15)9-18-14-8-6-7-13(17)16(14)20(3)4/h6-8,10-11,18H,9H2,1-5H3. The van der Waals surface area contributed by atoms with Crippen LogP contribution in [0.25, 0.3) is 0 Å². The number of anilines is 2. The lowest BCUT2D eigenvalue weighted by Crippen LogP contribution is -2.13. The van der Waals surface area contributed by atoms with Gasteiger partial charge in [-0.2, -0.15) is 5.10 Å².